The molecule has 168 valence electrons. The number of nitrogens with zero attached hydrogens (tertiary/aromatic N) is 3. The highest BCUT2D eigenvalue weighted by atomic mass is 35.5. The minimum atomic E-state index is -4.10. The second kappa shape index (κ2) is 8.69. The van der Waals surface area contributed by atoms with Crippen LogP contribution in [0.5, 0.6) is 5.88 Å². The third kappa shape index (κ3) is 4.20. The zero-order chi connectivity index (χ0) is 23.8. The summed E-state index contributed by atoms with van der Waals surface area (Å²) in [6.07, 6.45) is 1.27. The van der Waals surface area contributed by atoms with Crippen LogP contribution in [0.2, 0.25) is 5.02 Å². The Balaban J connectivity index is 1.74. The number of pyridine rings is 1. The molecule has 0 radical (unpaired) electrons. The fourth-order valence-corrected chi connectivity index (χ4v) is 5.32. The van der Waals surface area contributed by atoms with Crippen molar-refractivity contribution in [1.29, 1.82) is 5.26 Å². The highest BCUT2D eigenvalue weighted by Gasteiger charge is 2.36. The molecule has 1 atom stereocenters. The first kappa shape index (κ1) is 22.5. The summed E-state index contributed by atoms with van der Waals surface area (Å²) < 4.78 is 47.7. The van der Waals surface area contributed by atoms with Gasteiger partial charge in [0.2, 0.25) is 5.88 Å². The number of nitrogens with one attached hydrogen (secondary N) is 1. The Morgan fingerprint density at radius 1 is 1.30 bits per heavy atom. The monoisotopic (exact) mass is 486 g/mol. The van der Waals surface area contributed by atoms with Crippen LogP contribution in [-0.4, -0.2) is 32.0 Å². The molecule has 1 aliphatic rings. The Bertz CT molecular complexity index is 1390. The number of benzene rings is 2. The highest BCUT2D eigenvalue weighted by molar-refractivity contribution is 7.92. The lowest BCUT2D eigenvalue weighted by Crippen LogP contribution is -2.45. The summed E-state index contributed by atoms with van der Waals surface area (Å²) in [6.45, 7) is 1.70. The van der Waals surface area contributed by atoms with E-state index in [0.717, 1.165) is 10.4 Å². The number of carbonyl (C=O) groups excluding carboxylic acids is 1. The second-order valence-corrected chi connectivity index (χ2v) is 9.42. The van der Waals surface area contributed by atoms with Crippen molar-refractivity contribution in [2.75, 3.05) is 16.2 Å². The van der Waals surface area contributed by atoms with Crippen LogP contribution in [0.25, 0.3) is 0 Å². The fourth-order valence-electron chi connectivity index (χ4n) is 3.40. The molecule has 0 fully saturated rings. The average molecular weight is 487 g/mol. The molecule has 0 spiro atoms. The summed E-state index contributed by atoms with van der Waals surface area (Å²) >= 11 is 5.95. The molecule has 4 rings (SSSR count). The van der Waals surface area contributed by atoms with Crippen LogP contribution in [-0.2, 0) is 10.0 Å². The Morgan fingerprint density at radius 2 is 2.06 bits per heavy atom. The molecule has 1 N–H and O–H groups in total. The Morgan fingerprint density at radius 3 is 2.79 bits per heavy atom. The number of nitriles is 1. The minimum absolute atomic E-state index is 0.0493. The van der Waals surface area contributed by atoms with Crippen molar-refractivity contribution in [3.05, 3.63) is 76.7 Å². The number of aromatic nitrogens is 1. The van der Waals surface area contributed by atoms with Gasteiger partial charge >= 0.3 is 0 Å². The first-order valence-corrected chi connectivity index (χ1v) is 11.5. The van der Waals surface area contributed by atoms with Crippen LogP contribution < -0.4 is 14.4 Å². The summed E-state index contributed by atoms with van der Waals surface area (Å²) in [5.41, 5.74) is 0.0488. The third-order valence-corrected chi connectivity index (χ3v) is 7.14. The van der Waals surface area contributed by atoms with Crippen molar-refractivity contribution in [3.63, 3.8) is 0 Å². The normalized spacial score (nSPS) is 15.2. The summed E-state index contributed by atoms with van der Waals surface area (Å²) in [7, 11) is -4.10. The van der Waals surface area contributed by atoms with Gasteiger partial charge in [-0.1, -0.05) is 23.7 Å². The molecule has 0 saturated carbocycles. The van der Waals surface area contributed by atoms with Crippen molar-refractivity contribution < 1.29 is 22.3 Å². The topological polar surface area (TPSA) is 112 Å². The van der Waals surface area contributed by atoms with E-state index in [-0.39, 0.29) is 44.9 Å². The fraction of sp³-hybridized carbons (Fsp3) is 0.136. The second-order valence-electron chi connectivity index (χ2n) is 7.20. The van der Waals surface area contributed by atoms with Crippen molar-refractivity contribution in [2.45, 2.75) is 17.9 Å². The molecule has 2 aromatic carbocycles. The summed E-state index contributed by atoms with van der Waals surface area (Å²) in [5, 5.41) is 11.6. The largest absolute Gasteiger partial charge is 0.474 e. The van der Waals surface area contributed by atoms with E-state index in [2.05, 4.69) is 10.3 Å². The molecule has 11 heteroatoms. The molecular weight excluding hydrogens is 471 g/mol. The van der Waals surface area contributed by atoms with E-state index >= 15 is 0 Å². The predicted octanol–water partition coefficient (Wildman–Crippen LogP) is 3.97. The molecule has 1 aliphatic heterocycles. The van der Waals surface area contributed by atoms with Gasteiger partial charge in [0.25, 0.3) is 15.9 Å². The van der Waals surface area contributed by atoms with Gasteiger partial charge in [0.1, 0.15) is 18.1 Å². The number of carbonyl (C=O) groups is 1. The van der Waals surface area contributed by atoms with E-state index in [1.807, 2.05) is 6.07 Å². The smallest absolute Gasteiger partial charge is 0.264 e. The van der Waals surface area contributed by atoms with Gasteiger partial charge in [-0.2, -0.15) is 5.26 Å². The van der Waals surface area contributed by atoms with Gasteiger partial charge < -0.3 is 10.1 Å². The Labute approximate surface area is 194 Å². The first-order chi connectivity index (χ1) is 15.7. The van der Waals surface area contributed by atoms with E-state index < -0.39 is 27.8 Å². The number of hydrogen-bond donors (Lipinski definition) is 1. The van der Waals surface area contributed by atoms with Crippen LogP contribution in [0.1, 0.15) is 22.8 Å². The van der Waals surface area contributed by atoms with Crippen LogP contribution in [0, 0.1) is 17.1 Å². The van der Waals surface area contributed by atoms with Crippen LogP contribution in [0.4, 0.5) is 15.8 Å². The molecule has 2 heterocycles. The van der Waals surface area contributed by atoms with Crippen molar-refractivity contribution in [3.8, 4) is 11.9 Å². The number of sulfonamides is 1. The molecule has 1 amide bonds. The molecule has 0 bridgehead atoms. The zero-order valence-corrected chi connectivity index (χ0v) is 18.7. The third-order valence-electron chi connectivity index (χ3n) is 4.90. The van der Waals surface area contributed by atoms with Crippen molar-refractivity contribution in [2.24, 2.45) is 0 Å². The first-order valence-electron chi connectivity index (χ1n) is 9.65. The van der Waals surface area contributed by atoms with Gasteiger partial charge in [-0.25, -0.2) is 17.8 Å². The molecular formula is C22H16ClFN4O4S. The average Bonchev–Trinajstić information content (AvgIpc) is 2.78. The molecule has 3 aromatic rings. The molecule has 0 aliphatic carbocycles. The van der Waals surface area contributed by atoms with E-state index in [1.54, 1.807) is 6.92 Å². The van der Waals surface area contributed by atoms with Crippen LogP contribution in [0.15, 0.2) is 59.6 Å². The van der Waals surface area contributed by atoms with Gasteiger partial charge in [0.05, 0.1) is 45.0 Å². The van der Waals surface area contributed by atoms with E-state index in [1.165, 1.54) is 48.7 Å². The quantitative estimate of drug-likeness (QED) is 0.597. The number of amides is 1. The Hall–Kier alpha value is -3.68. The zero-order valence-electron chi connectivity index (χ0n) is 17.1. The maximum absolute atomic E-state index is 14.1. The summed E-state index contributed by atoms with van der Waals surface area (Å²) in [6, 6.07) is 12.2. The maximum Gasteiger partial charge on any atom is 0.264 e. The van der Waals surface area contributed by atoms with Gasteiger partial charge in [-0.15, -0.1) is 0 Å². The SMILES string of the molecule is CC1COc2ncc(NC(=O)c3c(F)cccc3Cl)cc2N1S(=O)(=O)c1cccc(C#N)c1. The predicted molar refractivity (Wildman–Crippen MR) is 119 cm³/mol. The maximum atomic E-state index is 14.1. The minimum Gasteiger partial charge on any atom is -0.474 e. The van der Waals surface area contributed by atoms with Gasteiger partial charge in [-0.3, -0.25) is 9.10 Å². The van der Waals surface area contributed by atoms with E-state index in [9.17, 15) is 17.6 Å². The van der Waals surface area contributed by atoms with Gasteiger partial charge in [-0.05, 0) is 43.3 Å². The Kier molecular flexibility index (Phi) is 5.93. The van der Waals surface area contributed by atoms with Gasteiger partial charge in [0.15, 0.2) is 0 Å². The summed E-state index contributed by atoms with van der Waals surface area (Å²) in [4.78, 5) is 16.6. The molecule has 0 saturated heterocycles. The lowest BCUT2D eigenvalue weighted by Gasteiger charge is -2.35. The lowest BCUT2D eigenvalue weighted by molar-refractivity contribution is 0.102. The number of fused-ring (bicyclic) bond motifs is 1. The molecule has 1 aromatic heterocycles. The van der Waals surface area contributed by atoms with Crippen molar-refractivity contribution in [1.82, 2.24) is 4.98 Å². The standard InChI is InChI=1S/C22H16ClFN4O4S/c1-13-12-32-22-19(28(13)33(30,31)16-5-2-4-14(8-16)10-25)9-15(11-26-22)27-21(29)20-17(23)6-3-7-18(20)24/h2-9,11,13H,12H2,1H3,(H,27,29). The number of halogens is 2. The molecule has 8 nitrogen and oxygen atoms in total. The van der Waals surface area contributed by atoms with Crippen molar-refractivity contribution >= 4 is 38.9 Å². The number of anilines is 2. The van der Waals surface area contributed by atoms with E-state index in [4.69, 9.17) is 21.6 Å². The molecule has 33 heavy (non-hydrogen) atoms. The van der Waals surface area contributed by atoms with E-state index in [0.29, 0.717) is 0 Å². The van der Waals surface area contributed by atoms with Crippen LogP contribution in [0.3, 0.4) is 0 Å². The number of hydrogen-bond acceptors (Lipinski definition) is 6. The lowest BCUT2D eigenvalue weighted by atomic mass is 10.2. The summed E-state index contributed by atoms with van der Waals surface area (Å²) in [5.74, 6) is -1.57. The molecule has 1 unspecified atom stereocenters. The number of rotatable bonds is 4. The number of ether oxygens (including phenoxy) is 1. The highest BCUT2D eigenvalue weighted by Crippen LogP contribution is 2.38. The van der Waals surface area contributed by atoms with Crippen LogP contribution >= 0.6 is 11.6 Å². The van der Waals surface area contributed by atoms with Gasteiger partial charge in [0, 0.05) is 0 Å².